The lowest BCUT2D eigenvalue weighted by atomic mass is 10.2. The minimum atomic E-state index is 0.493. The maximum Gasteiger partial charge on any atom is 0.225 e. The Morgan fingerprint density at radius 1 is 0.636 bits per heavy atom. The highest BCUT2D eigenvalue weighted by Gasteiger charge is 2.21. The van der Waals surface area contributed by atoms with Crippen molar-refractivity contribution >= 4 is 56.1 Å². The predicted molar refractivity (Wildman–Crippen MR) is 121 cm³/mol. The molecule has 0 atom stereocenters. The highest BCUT2D eigenvalue weighted by molar-refractivity contribution is 5.92. The molecule has 3 aromatic carbocycles. The fourth-order valence-corrected chi connectivity index (χ4v) is 4.43. The van der Waals surface area contributed by atoms with Crippen molar-refractivity contribution in [2.24, 2.45) is 0 Å². The van der Waals surface area contributed by atoms with Gasteiger partial charge < -0.3 is 0 Å². The maximum atomic E-state index is 9.46. The molecule has 9 nitrogen and oxygen atoms in total. The zero-order valence-corrected chi connectivity index (χ0v) is 16.7. The van der Waals surface area contributed by atoms with Crippen LogP contribution in [0.25, 0.3) is 55.3 Å². The van der Waals surface area contributed by atoms with E-state index in [0.29, 0.717) is 50.7 Å². The zero-order valence-electron chi connectivity index (χ0n) is 16.7. The third kappa shape index (κ3) is 2.09. The molecule has 0 saturated carbocycles. The van der Waals surface area contributed by atoms with Crippen LogP contribution in [0.2, 0.25) is 0 Å². The van der Waals surface area contributed by atoms with Gasteiger partial charge in [0.15, 0.2) is 5.69 Å². The Morgan fingerprint density at radius 3 is 1.48 bits per heavy atom. The molecule has 0 aliphatic heterocycles. The van der Waals surface area contributed by atoms with Crippen LogP contribution in [0.1, 0.15) is 11.1 Å². The van der Waals surface area contributed by atoms with Gasteiger partial charge in [-0.15, -0.1) is 0 Å². The number of hydrogen-bond acceptors (Lipinski definition) is 5. The zero-order chi connectivity index (χ0) is 22.3. The molecule has 7 aromatic rings. The first-order chi connectivity index (χ1) is 16.2. The minimum absolute atomic E-state index is 0.493. The molecule has 0 N–H and O–H groups in total. The number of nitriles is 2. The second-order valence-corrected chi connectivity index (χ2v) is 7.66. The van der Waals surface area contributed by atoms with Crippen LogP contribution in [0.5, 0.6) is 0 Å². The summed E-state index contributed by atoms with van der Waals surface area (Å²) >= 11 is 0. The molecule has 0 aliphatic carbocycles. The van der Waals surface area contributed by atoms with E-state index in [2.05, 4.69) is 17.0 Å². The summed E-state index contributed by atoms with van der Waals surface area (Å²) in [7, 11) is 0. The topological polar surface area (TPSA) is 104 Å². The van der Waals surface area contributed by atoms with Gasteiger partial charge in [-0.3, -0.25) is 0 Å². The van der Waals surface area contributed by atoms with Gasteiger partial charge in [-0.2, -0.15) is 10.5 Å². The molecule has 4 heterocycles. The Kier molecular flexibility index (Phi) is 3.04. The van der Waals surface area contributed by atoms with Gasteiger partial charge >= 0.3 is 0 Å². The minimum Gasteiger partial charge on any atom is -0.248 e. The number of hydrogen-bond donors (Lipinski definition) is 0. The predicted octanol–water partition coefficient (Wildman–Crippen LogP) is 4.38. The van der Waals surface area contributed by atoms with Crippen LogP contribution in [0.15, 0.2) is 54.6 Å². The van der Waals surface area contributed by atoms with Crippen molar-refractivity contribution in [1.82, 2.24) is 28.2 Å². The summed E-state index contributed by atoms with van der Waals surface area (Å²) in [6.45, 7) is 7.43. The fraction of sp³-hybridized carbons (Fsp3) is 0. The summed E-state index contributed by atoms with van der Waals surface area (Å²) in [4.78, 5) is 18.1. The monoisotopic (exact) mass is 423 g/mol. The molecule has 7 rings (SSSR count). The molecule has 0 unspecified atom stereocenters. The molecule has 0 bridgehead atoms. The summed E-state index contributed by atoms with van der Waals surface area (Å²) in [5.41, 5.74) is 5.83. The van der Waals surface area contributed by atoms with E-state index in [4.69, 9.17) is 21.5 Å². The van der Waals surface area contributed by atoms with E-state index in [9.17, 15) is 10.5 Å². The van der Waals surface area contributed by atoms with Gasteiger partial charge in [0.05, 0.1) is 62.9 Å². The molecular formula is C24H9N9. The largest absolute Gasteiger partial charge is 0.248 e. The van der Waals surface area contributed by atoms with Gasteiger partial charge in [0.25, 0.3) is 0 Å². The summed E-state index contributed by atoms with van der Waals surface area (Å²) in [5.74, 6) is 1.71. The smallest absolute Gasteiger partial charge is 0.225 e. The van der Waals surface area contributed by atoms with E-state index in [1.807, 2.05) is 31.4 Å². The van der Waals surface area contributed by atoms with Crippen molar-refractivity contribution in [1.29, 1.82) is 10.5 Å². The second kappa shape index (κ2) is 5.82. The van der Waals surface area contributed by atoms with Gasteiger partial charge in [0, 0.05) is 0 Å². The van der Waals surface area contributed by atoms with E-state index in [0.717, 1.165) is 16.6 Å². The molecule has 0 saturated heterocycles. The van der Waals surface area contributed by atoms with Gasteiger partial charge in [-0.1, -0.05) is 6.07 Å². The van der Waals surface area contributed by atoms with E-state index >= 15 is 0 Å². The highest BCUT2D eigenvalue weighted by Crippen LogP contribution is 2.30. The highest BCUT2D eigenvalue weighted by atomic mass is 15.3. The summed E-state index contributed by atoms with van der Waals surface area (Å²) in [6.07, 6.45) is 0. The lowest BCUT2D eigenvalue weighted by Crippen LogP contribution is -2.04. The average Bonchev–Trinajstić information content (AvgIpc) is 3.52. The number of nitrogens with zero attached hydrogens (tertiary/aromatic N) is 9. The normalized spacial score (nSPS) is 11.5. The molecule has 0 radical (unpaired) electrons. The lowest BCUT2D eigenvalue weighted by molar-refractivity contribution is 1.01. The molecule has 9 heteroatoms. The van der Waals surface area contributed by atoms with E-state index < -0.39 is 0 Å². The summed E-state index contributed by atoms with van der Waals surface area (Å²) < 4.78 is 5.67. The lowest BCUT2D eigenvalue weighted by Gasteiger charge is -2.05. The van der Waals surface area contributed by atoms with Crippen LogP contribution >= 0.6 is 0 Å². The number of rotatable bonds is 0. The van der Waals surface area contributed by atoms with Gasteiger partial charge in [0.2, 0.25) is 17.3 Å². The van der Waals surface area contributed by atoms with Crippen molar-refractivity contribution in [3.05, 3.63) is 77.1 Å². The Hall–Kier alpha value is -5.46. The molecule has 0 spiro atoms. The molecule has 4 aromatic heterocycles. The van der Waals surface area contributed by atoms with Gasteiger partial charge in [-0.25, -0.2) is 33.0 Å². The van der Waals surface area contributed by atoms with Crippen molar-refractivity contribution < 1.29 is 0 Å². The number of benzene rings is 3. The van der Waals surface area contributed by atoms with Crippen molar-refractivity contribution in [2.45, 2.75) is 0 Å². The number of imidazole rings is 3. The summed E-state index contributed by atoms with van der Waals surface area (Å²) in [6, 6.07) is 20.3. The fourth-order valence-electron chi connectivity index (χ4n) is 4.43. The molecule has 33 heavy (non-hydrogen) atoms. The maximum absolute atomic E-state index is 9.46. The molecule has 0 aliphatic rings. The second-order valence-electron chi connectivity index (χ2n) is 7.66. The van der Waals surface area contributed by atoms with E-state index in [1.165, 1.54) is 0 Å². The molecule has 150 valence electrons. The first kappa shape index (κ1) is 17.2. The average molecular weight is 423 g/mol. The Morgan fingerprint density at radius 2 is 1.06 bits per heavy atom. The quantitative estimate of drug-likeness (QED) is 0.337. The van der Waals surface area contributed by atoms with E-state index in [1.54, 1.807) is 36.4 Å². The molecular weight excluding hydrogens is 414 g/mol. The SMILES string of the molecule is [C-]#[N+]c1ccc2nc3n4c5cc(C#N)ccc5nc4n4c5cc(C#N)ccc5nc4n3c2c1. The summed E-state index contributed by atoms with van der Waals surface area (Å²) in [5, 5.41) is 18.9. The third-order valence-electron chi connectivity index (χ3n) is 5.88. The Labute approximate surface area is 184 Å². The number of aromatic nitrogens is 6. The Bertz CT molecular complexity index is 1840. The molecule has 0 amide bonds. The standard InChI is InChI=1S/C24H9N9/c1-27-15-4-7-18-21(10-15)33-23-29-17-6-3-14(12-26)9-20(17)31(23)22-28-16-5-2-13(11-25)8-19(16)32(22)24(33)30-18/h2-10H. The van der Waals surface area contributed by atoms with Crippen LogP contribution in [-0.4, -0.2) is 28.2 Å². The first-order valence-electron chi connectivity index (χ1n) is 9.96. The van der Waals surface area contributed by atoms with Crippen molar-refractivity contribution in [3.8, 4) is 12.1 Å². The van der Waals surface area contributed by atoms with Crippen molar-refractivity contribution in [2.75, 3.05) is 0 Å². The van der Waals surface area contributed by atoms with Gasteiger partial charge in [0.1, 0.15) is 0 Å². The third-order valence-corrected chi connectivity index (χ3v) is 5.88. The first-order valence-corrected chi connectivity index (χ1v) is 9.96. The van der Waals surface area contributed by atoms with E-state index in [-0.39, 0.29) is 0 Å². The van der Waals surface area contributed by atoms with Crippen molar-refractivity contribution in [3.63, 3.8) is 0 Å². The van der Waals surface area contributed by atoms with Crippen LogP contribution in [-0.2, 0) is 0 Å². The Balaban J connectivity index is 1.86. The molecule has 0 fully saturated rings. The van der Waals surface area contributed by atoms with Crippen LogP contribution in [0.3, 0.4) is 0 Å². The number of fused-ring (bicyclic) bond motifs is 12. The van der Waals surface area contributed by atoms with Crippen LogP contribution in [0.4, 0.5) is 5.69 Å². The van der Waals surface area contributed by atoms with Crippen LogP contribution < -0.4 is 0 Å². The van der Waals surface area contributed by atoms with Gasteiger partial charge in [-0.05, 0) is 48.5 Å². The van der Waals surface area contributed by atoms with Crippen LogP contribution in [0, 0.1) is 29.2 Å².